The number of pyridine rings is 1. The number of amides is 1. The molecule has 0 saturated carbocycles. The van der Waals surface area contributed by atoms with Crippen molar-refractivity contribution < 1.29 is 4.79 Å². The third kappa shape index (κ3) is 3.90. The van der Waals surface area contributed by atoms with Gasteiger partial charge in [-0.1, -0.05) is 6.07 Å². The van der Waals surface area contributed by atoms with Gasteiger partial charge in [-0.05, 0) is 31.5 Å². The summed E-state index contributed by atoms with van der Waals surface area (Å²) < 4.78 is 1.96. The van der Waals surface area contributed by atoms with E-state index in [1.54, 1.807) is 11.0 Å². The fraction of sp³-hybridized carbons (Fsp3) is 0.353. The molecule has 0 aliphatic rings. The molecule has 8 heteroatoms. The molecule has 3 heterocycles. The molecule has 1 amide bonds. The lowest BCUT2D eigenvalue weighted by Gasteiger charge is -2.12. The Labute approximate surface area is 145 Å². The van der Waals surface area contributed by atoms with Gasteiger partial charge < -0.3 is 10.2 Å². The van der Waals surface area contributed by atoms with Crippen molar-refractivity contribution in [2.24, 2.45) is 0 Å². The van der Waals surface area contributed by atoms with E-state index in [2.05, 4.69) is 25.5 Å². The molecule has 0 radical (unpaired) electrons. The van der Waals surface area contributed by atoms with Gasteiger partial charge >= 0.3 is 0 Å². The van der Waals surface area contributed by atoms with E-state index < -0.39 is 0 Å². The number of nitrogens with one attached hydrogen (secondary N) is 1. The molecule has 0 aromatic carbocycles. The zero-order chi connectivity index (χ0) is 17.8. The lowest BCUT2D eigenvalue weighted by molar-refractivity contribution is 0.0948. The third-order valence-electron chi connectivity index (χ3n) is 3.72. The number of aryl methyl sites for hydroxylation is 2. The Balaban J connectivity index is 1.56. The van der Waals surface area contributed by atoms with Crippen LogP contribution in [0.25, 0.3) is 5.65 Å². The first-order valence-electron chi connectivity index (χ1n) is 8.14. The van der Waals surface area contributed by atoms with E-state index >= 15 is 0 Å². The molecule has 0 aliphatic carbocycles. The van der Waals surface area contributed by atoms with E-state index in [9.17, 15) is 4.79 Å². The summed E-state index contributed by atoms with van der Waals surface area (Å²) in [5.74, 6) is 1.22. The van der Waals surface area contributed by atoms with Gasteiger partial charge in [0.05, 0.1) is 0 Å². The van der Waals surface area contributed by atoms with Gasteiger partial charge in [0.15, 0.2) is 5.65 Å². The van der Waals surface area contributed by atoms with Crippen LogP contribution in [-0.2, 0) is 6.42 Å². The molecule has 130 valence electrons. The average Bonchev–Trinajstić information content (AvgIpc) is 3.01. The molecule has 0 atom stereocenters. The van der Waals surface area contributed by atoms with Gasteiger partial charge in [-0.2, -0.15) is 0 Å². The smallest absolute Gasteiger partial charge is 0.270 e. The van der Waals surface area contributed by atoms with Crippen molar-refractivity contribution in [3.8, 4) is 0 Å². The van der Waals surface area contributed by atoms with E-state index in [0.717, 1.165) is 30.0 Å². The molecule has 0 saturated heterocycles. The fourth-order valence-corrected chi connectivity index (χ4v) is 2.47. The lowest BCUT2D eigenvalue weighted by Crippen LogP contribution is -2.27. The summed E-state index contributed by atoms with van der Waals surface area (Å²) in [4.78, 5) is 22.6. The number of carbonyl (C=O) groups is 1. The zero-order valence-electron chi connectivity index (χ0n) is 14.6. The predicted molar refractivity (Wildman–Crippen MR) is 94.7 cm³/mol. The summed E-state index contributed by atoms with van der Waals surface area (Å²) in [5, 5.41) is 11.2. The minimum Gasteiger partial charge on any atom is -0.351 e. The first-order chi connectivity index (χ1) is 12.0. The van der Waals surface area contributed by atoms with E-state index in [-0.39, 0.29) is 5.91 Å². The molecule has 25 heavy (non-hydrogen) atoms. The van der Waals surface area contributed by atoms with Crippen LogP contribution >= 0.6 is 0 Å². The molecular formula is C17H21N7O. The van der Waals surface area contributed by atoms with Crippen LogP contribution < -0.4 is 10.2 Å². The predicted octanol–water partition coefficient (Wildman–Crippen LogP) is 1.26. The first-order valence-corrected chi connectivity index (χ1v) is 8.14. The minimum absolute atomic E-state index is 0.195. The highest BCUT2D eigenvalue weighted by Gasteiger charge is 2.11. The topological polar surface area (TPSA) is 88.3 Å². The Bertz CT molecular complexity index is 888. The quantitative estimate of drug-likeness (QED) is 0.680. The number of fused-ring (bicyclic) bond motifs is 1. The standard InChI is InChI=1S/C17H21N7O/c1-12-11-13(20-17(19-12)23(2)3)16(25)18-9-6-8-15-22-21-14-7-4-5-10-24(14)15/h4-5,7,10-11H,6,8-9H2,1-3H3,(H,18,25). The Kier molecular flexibility index (Phi) is 4.87. The summed E-state index contributed by atoms with van der Waals surface area (Å²) in [6, 6.07) is 7.48. The second kappa shape index (κ2) is 7.25. The number of nitrogens with zero attached hydrogens (tertiary/aromatic N) is 6. The van der Waals surface area contributed by atoms with E-state index in [0.29, 0.717) is 18.2 Å². The molecule has 8 nitrogen and oxygen atoms in total. The largest absolute Gasteiger partial charge is 0.351 e. The molecule has 3 aromatic heterocycles. The zero-order valence-corrected chi connectivity index (χ0v) is 14.6. The SMILES string of the molecule is Cc1cc(C(=O)NCCCc2nnc3ccccn23)nc(N(C)C)n1. The number of carbonyl (C=O) groups excluding carboxylic acids is 1. The van der Waals surface area contributed by atoms with Crippen LogP contribution in [0.5, 0.6) is 0 Å². The summed E-state index contributed by atoms with van der Waals surface area (Å²) >= 11 is 0. The van der Waals surface area contributed by atoms with Crippen molar-refractivity contribution in [1.29, 1.82) is 0 Å². The third-order valence-corrected chi connectivity index (χ3v) is 3.72. The summed E-state index contributed by atoms with van der Waals surface area (Å²) in [6.45, 7) is 2.39. The summed E-state index contributed by atoms with van der Waals surface area (Å²) in [7, 11) is 3.69. The monoisotopic (exact) mass is 339 g/mol. The Morgan fingerprint density at radius 3 is 2.88 bits per heavy atom. The van der Waals surface area contributed by atoms with Gasteiger partial charge in [-0.25, -0.2) is 9.97 Å². The van der Waals surface area contributed by atoms with E-state index in [1.807, 2.05) is 49.8 Å². The van der Waals surface area contributed by atoms with Crippen molar-refractivity contribution in [2.75, 3.05) is 25.5 Å². The highest BCUT2D eigenvalue weighted by Crippen LogP contribution is 2.08. The Morgan fingerprint density at radius 1 is 1.24 bits per heavy atom. The molecule has 0 fully saturated rings. The van der Waals surface area contributed by atoms with Crippen LogP contribution in [-0.4, -0.2) is 51.1 Å². The summed E-state index contributed by atoms with van der Waals surface area (Å²) in [6.07, 6.45) is 3.44. The van der Waals surface area contributed by atoms with Crippen molar-refractivity contribution in [3.63, 3.8) is 0 Å². The number of aromatic nitrogens is 5. The number of rotatable bonds is 6. The average molecular weight is 339 g/mol. The second-order valence-electron chi connectivity index (χ2n) is 5.99. The van der Waals surface area contributed by atoms with Gasteiger partial charge in [-0.3, -0.25) is 9.20 Å². The number of anilines is 1. The van der Waals surface area contributed by atoms with E-state index in [1.165, 1.54) is 0 Å². The molecule has 1 N–H and O–H groups in total. The molecule has 3 rings (SSSR count). The molecule has 0 aliphatic heterocycles. The molecular weight excluding hydrogens is 318 g/mol. The minimum atomic E-state index is -0.195. The van der Waals surface area contributed by atoms with Gasteiger partial charge in [0, 0.05) is 39.0 Å². The van der Waals surface area contributed by atoms with Crippen LogP contribution in [0.4, 0.5) is 5.95 Å². The highest BCUT2D eigenvalue weighted by molar-refractivity contribution is 5.92. The number of hydrogen-bond donors (Lipinski definition) is 1. The normalized spacial score (nSPS) is 10.8. The van der Waals surface area contributed by atoms with Gasteiger partial charge in [0.2, 0.25) is 5.95 Å². The summed E-state index contributed by atoms with van der Waals surface area (Å²) in [5.41, 5.74) is 1.97. The Morgan fingerprint density at radius 2 is 2.08 bits per heavy atom. The van der Waals surface area contributed by atoms with Crippen LogP contribution in [0.1, 0.15) is 28.4 Å². The van der Waals surface area contributed by atoms with Crippen LogP contribution in [0, 0.1) is 6.92 Å². The molecule has 0 bridgehead atoms. The van der Waals surface area contributed by atoms with Crippen molar-refractivity contribution in [2.45, 2.75) is 19.8 Å². The van der Waals surface area contributed by atoms with Gasteiger partial charge in [0.25, 0.3) is 5.91 Å². The van der Waals surface area contributed by atoms with Gasteiger partial charge in [0.1, 0.15) is 11.5 Å². The van der Waals surface area contributed by atoms with Crippen molar-refractivity contribution >= 4 is 17.5 Å². The highest BCUT2D eigenvalue weighted by atomic mass is 16.1. The molecule has 0 unspecified atom stereocenters. The van der Waals surface area contributed by atoms with Crippen LogP contribution in [0.2, 0.25) is 0 Å². The van der Waals surface area contributed by atoms with Crippen molar-refractivity contribution in [3.05, 3.63) is 47.7 Å². The second-order valence-corrected chi connectivity index (χ2v) is 5.99. The lowest BCUT2D eigenvalue weighted by atomic mass is 10.2. The van der Waals surface area contributed by atoms with E-state index in [4.69, 9.17) is 0 Å². The van der Waals surface area contributed by atoms with Crippen LogP contribution in [0.3, 0.4) is 0 Å². The Hall–Kier alpha value is -3.03. The maximum atomic E-state index is 12.3. The first kappa shape index (κ1) is 16.8. The number of hydrogen-bond acceptors (Lipinski definition) is 6. The maximum absolute atomic E-state index is 12.3. The maximum Gasteiger partial charge on any atom is 0.270 e. The fourth-order valence-electron chi connectivity index (χ4n) is 2.47. The molecule has 0 spiro atoms. The van der Waals surface area contributed by atoms with Crippen LogP contribution in [0.15, 0.2) is 30.5 Å². The van der Waals surface area contributed by atoms with Gasteiger partial charge in [-0.15, -0.1) is 10.2 Å². The van der Waals surface area contributed by atoms with Crippen molar-refractivity contribution in [1.82, 2.24) is 29.9 Å². The molecule has 3 aromatic rings.